The summed E-state index contributed by atoms with van der Waals surface area (Å²) < 4.78 is 69.2. The highest BCUT2D eigenvalue weighted by Gasteiger charge is 2.46. The zero-order valence-electron chi connectivity index (χ0n) is 18.8. The number of likely N-dealkylation sites (tertiary alicyclic amines) is 1. The fourth-order valence-corrected chi connectivity index (χ4v) is 4.02. The maximum atomic E-state index is 12.6. The van der Waals surface area contributed by atoms with E-state index in [1.165, 1.54) is 19.3 Å². The number of hydrogen-bond acceptors (Lipinski definition) is 6. The predicted molar refractivity (Wildman–Crippen MR) is 111 cm³/mol. The van der Waals surface area contributed by atoms with Crippen LogP contribution in [0.1, 0.15) is 19.3 Å². The van der Waals surface area contributed by atoms with E-state index in [4.69, 9.17) is 24.5 Å². The number of fused-ring (bicyclic) bond motifs is 1. The van der Waals surface area contributed by atoms with Crippen LogP contribution in [0.5, 0.6) is 0 Å². The third kappa shape index (κ3) is 8.62. The Labute approximate surface area is 201 Å². The number of nitrogens with zero attached hydrogens (tertiary/aromatic N) is 2. The molecule has 4 rings (SSSR count). The molecule has 2 saturated heterocycles. The summed E-state index contributed by atoms with van der Waals surface area (Å²) in [5.74, 6) is -4.52. The van der Waals surface area contributed by atoms with Crippen LogP contribution in [0.15, 0.2) is 24.5 Å². The van der Waals surface area contributed by atoms with Gasteiger partial charge in [-0.1, -0.05) is 6.42 Å². The molecule has 9 nitrogen and oxygen atoms in total. The van der Waals surface area contributed by atoms with Crippen molar-refractivity contribution in [2.45, 2.75) is 37.7 Å². The third-order valence-corrected chi connectivity index (χ3v) is 6.01. The smallest absolute Gasteiger partial charge is 0.475 e. The highest BCUT2D eigenvalue weighted by molar-refractivity contribution is 5.92. The molecule has 3 N–H and O–H groups in total. The number of carboxylic acid groups (broad SMARTS) is 2. The number of nitrogens with one attached hydrogen (secondary N) is 1. The molecule has 0 radical (unpaired) electrons. The Morgan fingerprint density at radius 2 is 1.58 bits per heavy atom. The van der Waals surface area contributed by atoms with Gasteiger partial charge in [-0.15, -0.1) is 0 Å². The second-order valence-corrected chi connectivity index (χ2v) is 8.44. The number of pyridine rings is 1. The van der Waals surface area contributed by atoms with Crippen molar-refractivity contribution in [1.29, 1.82) is 0 Å². The lowest BCUT2D eigenvalue weighted by Crippen LogP contribution is -2.42. The first kappa shape index (κ1) is 29.3. The molecule has 0 spiro atoms. The van der Waals surface area contributed by atoms with Gasteiger partial charge in [-0.25, -0.2) is 9.59 Å². The number of ether oxygens (including phenoxy) is 1. The zero-order valence-corrected chi connectivity index (χ0v) is 18.8. The highest BCUT2D eigenvalue weighted by Crippen LogP contribution is 2.38. The molecule has 2 aliphatic heterocycles. The van der Waals surface area contributed by atoms with Crippen LogP contribution >= 0.6 is 0 Å². The summed E-state index contributed by atoms with van der Waals surface area (Å²) in [7, 11) is 0. The van der Waals surface area contributed by atoms with E-state index in [0.29, 0.717) is 18.4 Å². The molecule has 0 unspecified atom stereocenters. The molecule has 0 aromatic carbocycles. The molecule has 0 bridgehead atoms. The molecular formula is C21H25F6N3O6. The van der Waals surface area contributed by atoms with Crippen LogP contribution < -0.4 is 5.32 Å². The minimum atomic E-state index is -5.08. The number of aliphatic carboxylic acids is 2. The van der Waals surface area contributed by atoms with Gasteiger partial charge < -0.3 is 20.3 Å². The van der Waals surface area contributed by atoms with Crippen molar-refractivity contribution in [3.8, 4) is 0 Å². The zero-order chi connectivity index (χ0) is 27.1. The van der Waals surface area contributed by atoms with Crippen LogP contribution in [0.25, 0.3) is 0 Å². The van der Waals surface area contributed by atoms with Gasteiger partial charge in [0, 0.05) is 25.3 Å². The molecule has 1 aliphatic carbocycles. The van der Waals surface area contributed by atoms with E-state index >= 15 is 0 Å². The first-order valence-electron chi connectivity index (χ1n) is 10.8. The molecule has 15 heteroatoms. The molecular weight excluding hydrogens is 504 g/mol. The Morgan fingerprint density at radius 1 is 1.00 bits per heavy atom. The number of carbonyl (C=O) groups is 3. The first-order chi connectivity index (χ1) is 16.7. The second-order valence-electron chi connectivity index (χ2n) is 8.44. The number of alkyl halides is 6. The van der Waals surface area contributed by atoms with Gasteiger partial charge in [-0.3, -0.25) is 14.7 Å². The van der Waals surface area contributed by atoms with Crippen LogP contribution in [0, 0.1) is 17.8 Å². The largest absolute Gasteiger partial charge is 0.490 e. The number of carbonyl (C=O) groups excluding carboxylic acids is 1. The SMILES string of the molecule is O=C(Nc1cccnc1)[C@H]1COC[C@H]2CN(C3CCC3)C[C@H]21.O=C(O)C(F)(F)F.O=C(O)C(F)(F)F. The van der Waals surface area contributed by atoms with Gasteiger partial charge in [0.2, 0.25) is 5.91 Å². The monoisotopic (exact) mass is 529 g/mol. The minimum Gasteiger partial charge on any atom is -0.475 e. The van der Waals surface area contributed by atoms with Gasteiger partial charge in [0.1, 0.15) is 0 Å². The Kier molecular flexibility index (Phi) is 10.0. The van der Waals surface area contributed by atoms with E-state index in [2.05, 4.69) is 15.2 Å². The summed E-state index contributed by atoms with van der Waals surface area (Å²) >= 11 is 0. The van der Waals surface area contributed by atoms with Crippen molar-refractivity contribution in [2.75, 3.05) is 31.6 Å². The number of anilines is 1. The Morgan fingerprint density at radius 3 is 2.03 bits per heavy atom. The van der Waals surface area contributed by atoms with E-state index in [-0.39, 0.29) is 11.8 Å². The lowest BCUT2D eigenvalue weighted by molar-refractivity contribution is -0.193. The second kappa shape index (κ2) is 12.3. The number of rotatable bonds is 3. The number of amides is 1. The van der Waals surface area contributed by atoms with Crippen LogP contribution in [-0.2, 0) is 19.1 Å². The van der Waals surface area contributed by atoms with Crippen molar-refractivity contribution in [3.05, 3.63) is 24.5 Å². The van der Waals surface area contributed by atoms with Crippen LogP contribution in [0.3, 0.4) is 0 Å². The first-order valence-corrected chi connectivity index (χ1v) is 10.8. The van der Waals surface area contributed by atoms with Crippen molar-refractivity contribution in [2.24, 2.45) is 17.8 Å². The summed E-state index contributed by atoms with van der Waals surface area (Å²) in [5, 5.41) is 17.2. The van der Waals surface area contributed by atoms with Crippen molar-refractivity contribution in [3.63, 3.8) is 0 Å². The average molecular weight is 529 g/mol. The van der Waals surface area contributed by atoms with Crippen molar-refractivity contribution >= 4 is 23.5 Å². The van der Waals surface area contributed by atoms with Crippen molar-refractivity contribution < 1.29 is 55.7 Å². The van der Waals surface area contributed by atoms with Gasteiger partial charge in [-0.2, -0.15) is 26.3 Å². The van der Waals surface area contributed by atoms with E-state index in [0.717, 1.165) is 31.4 Å². The summed E-state index contributed by atoms with van der Waals surface area (Å²) in [5.41, 5.74) is 0.767. The van der Waals surface area contributed by atoms with E-state index < -0.39 is 24.3 Å². The standard InChI is InChI=1S/C17H23N3O2.2C2HF3O2/c21-17(19-13-3-2-6-18-7-13)16-11-22-10-12-8-20(9-15(12)16)14-4-1-5-14;2*3-2(4,5)1(6)7/h2-3,6-7,12,14-16H,1,4-5,8-11H2,(H,19,21);2*(H,6,7)/t12-,15-,16+;;/m1../s1. The average Bonchev–Trinajstić information content (AvgIpc) is 3.16. The third-order valence-electron chi connectivity index (χ3n) is 6.01. The van der Waals surface area contributed by atoms with Gasteiger partial charge >= 0.3 is 24.3 Å². The topological polar surface area (TPSA) is 129 Å². The number of aromatic nitrogens is 1. The normalized spacial score (nSPS) is 24.1. The fourth-order valence-electron chi connectivity index (χ4n) is 4.02. The van der Waals surface area contributed by atoms with Gasteiger partial charge in [0.15, 0.2) is 0 Å². The molecule has 3 heterocycles. The molecule has 202 valence electrons. The molecule has 1 aromatic rings. The predicted octanol–water partition coefficient (Wildman–Crippen LogP) is 3.03. The highest BCUT2D eigenvalue weighted by atomic mass is 19.4. The summed E-state index contributed by atoms with van der Waals surface area (Å²) in [4.78, 5) is 37.1. The molecule has 36 heavy (non-hydrogen) atoms. The summed E-state index contributed by atoms with van der Waals surface area (Å²) in [6.45, 7) is 3.52. The fraction of sp³-hybridized carbons (Fsp3) is 0.619. The summed E-state index contributed by atoms with van der Waals surface area (Å²) in [6, 6.07) is 4.47. The number of hydrogen-bond donors (Lipinski definition) is 3. The molecule has 1 aromatic heterocycles. The van der Waals surface area contributed by atoms with Crippen LogP contribution in [-0.4, -0.2) is 82.6 Å². The maximum Gasteiger partial charge on any atom is 0.490 e. The Balaban J connectivity index is 0.000000271. The lowest BCUT2D eigenvalue weighted by Gasteiger charge is -2.35. The van der Waals surface area contributed by atoms with Gasteiger partial charge in [0.25, 0.3) is 0 Å². The molecule has 3 atom stereocenters. The van der Waals surface area contributed by atoms with E-state index in [9.17, 15) is 31.1 Å². The maximum absolute atomic E-state index is 12.6. The Hall–Kier alpha value is -2.94. The van der Waals surface area contributed by atoms with Crippen molar-refractivity contribution in [1.82, 2.24) is 9.88 Å². The quantitative estimate of drug-likeness (QED) is 0.510. The number of halogens is 6. The van der Waals surface area contributed by atoms with Gasteiger partial charge in [0.05, 0.1) is 31.0 Å². The lowest BCUT2D eigenvalue weighted by atomic mass is 9.82. The molecule has 3 aliphatic rings. The van der Waals surface area contributed by atoms with Crippen LogP contribution in [0.2, 0.25) is 0 Å². The minimum absolute atomic E-state index is 0.0379. The van der Waals surface area contributed by atoms with E-state index in [1.807, 2.05) is 12.1 Å². The summed E-state index contributed by atoms with van der Waals surface area (Å²) in [6.07, 6.45) is -2.76. The van der Waals surface area contributed by atoms with E-state index in [1.54, 1.807) is 12.4 Å². The molecule has 1 amide bonds. The Bertz CT molecular complexity index is 870. The molecule has 3 fully saturated rings. The van der Waals surface area contributed by atoms with Gasteiger partial charge in [-0.05, 0) is 36.8 Å². The number of carboxylic acids is 2. The van der Waals surface area contributed by atoms with Crippen LogP contribution in [0.4, 0.5) is 32.0 Å². The molecule has 1 saturated carbocycles.